The highest BCUT2D eigenvalue weighted by atomic mass is 15.4. The van der Waals surface area contributed by atoms with Crippen molar-refractivity contribution >= 4 is 49.8 Å². The Kier molecular flexibility index (Phi) is 12.0. The molecule has 0 aliphatic carbocycles. The van der Waals surface area contributed by atoms with Crippen molar-refractivity contribution < 1.29 is 13.7 Å². The summed E-state index contributed by atoms with van der Waals surface area (Å²) < 4.78 is 7.37. The van der Waals surface area contributed by atoms with Crippen LogP contribution in [0.3, 0.4) is 0 Å². The Hall–Kier alpha value is -5.49. The maximum absolute atomic E-state index is 2.62. The van der Waals surface area contributed by atoms with E-state index in [-0.39, 0.29) is 38.9 Å². The molecule has 0 N–H and O–H groups in total. The zero-order chi connectivity index (χ0) is 44.8. The van der Waals surface area contributed by atoms with Gasteiger partial charge in [-0.2, -0.15) is 0 Å². The predicted octanol–water partition coefficient (Wildman–Crippen LogP) is 12.6. The van der Waals surface area contributed by atoms with E-state index in [1.165, 1.54) is 83.2 Å². The van der Waals surface area contributed by atoms with Gasteiger partial charge in [0.15, 0.2) is 0 Å². The summed E-state index contributed by atoms with van der Waals surface area (Å²) in [5.74, 6) is 4.22. The van der Waals surface area contributed by atoms with Gasteiger partial charge in [-0.05, 0) is 134 Å². The number of amidine groups is 3. The summed E-state index contributed by atoms with van der Waals surface area (Å²) in [6.45, 7) is 28.2. The highest BCUT2D eigenvalue weighted by Gasteiger charge is 2.59. The molecule has 0 aromatic heterocycles. The minimum atomic E-state index is 0. The van der Waals surface area contributed by atoms with Crippen molar-refractivity contribution in [2.75, 3.05) is 21.1 Å². The molecular weight excluding hydrogens is 805 g/mol. The highest BCUT2D eigenvalue weighted by molar-refractivity contribution is 6.12. The molecule has 6 unspecified atom stereocenters. The first-order valence-electron chi connectivity index (χ1n) is 23.6. The van der Waals surface area contributed by atoms with Crippen LogP contribution in [0.1, 0.15) is 139 Å². The summed E-state index contributed by atoms with van der Waals surface area (Å²) in [6, 6.07) is 43.4. The number of hydrogen-bond acceptors (Lipinski definition) is 3. The number of rotatable bonds is 0. The van der Waals surface area contributed by atoms with E-state index in [1.54, 1.807) is 0 Å². The van der Waals surface area contributed by atoms with Crippen LogP contribution in [-0.2, 0) is 16.6 Å². The molecule has 6 nitrogen and oxygen atoms in total. The van der Waals surface area contributed by atoms with Gasteiger partial charge in [-0.25, -0.2) is 14.7 Å². The van der Waals surface area contributed by atoms with E-state index in [0.29, 0.717) is 36.3 Å². The van der Waals surface area contributed by atoms with Gasteiger partial charge in [-0.1, -0.05) is 113 Å². The maximum atomic E-state index is 2.62. The molecule has 0 radical (unpaired) electrons. The van der Waals surface area contributed by atoms with Gasteiger partial charge in [0, 0.05) is 16.7 Å². The number of hydrogen-bond donors (Lipinski definition) is 0. The predicted molar refractivity (Wildman–Crippen MR) is 284 cm³/mol. The molecule has 6 aromatic carbocycles. The lowest BCUT2D eigenvalue weighted by atomic mass is 9.87. The SMILES string of the molecule is C.C.C.CC1C(C)[N+](C)=C2c3c(ccc4ccccc34)C(C)(C)N21.CC1C(C)[N+](C)=C2c3cc4ccccc4cc3C(C)(C)N21.CC1C(C)[N+](C)=C2c3ccc4ccccc4c3C(C)(C)N21. The second kappa shape index (κ2) is 16.4. The molecule has 0 fully saturated rings. The Morgan fingerprint density at radius 1 is 0.394 bits per heavy atom. The van der Waals surface area contributed by atoms with Gasteiger partial charge in [0.1, 0.15) is 52.9 Å². The summed E-state index contributed by atoms with van der Waals surface area (Å²) in [6.07, 6.45) is 0. The van der Waals surface area contributed by atoms with Crippen LogP contribution >= 0.6 is 0 Å². The lowest BCUT2D eigenvalue weighted by molar-refractivity contribution is -0.526. The van der Waals surface area contributed by atoms with Crippen LogP contribution in [0.15, 0.2) is 109 Å². The zero-order valence-corrected chi connectivity index (χ0v) is 40.5. The third-order valence-electron chi connectivity index (χ3n) is 17.0. The molecule has 12 rings (SSSR count). The summed E-state index contributed by atoms with van der Waals surface area (Å²) in [5.41, 5.74) is 8.85. The molecule has 6 aliphatic rings. The van der Waals surface area contributed by atoms with E-state index in [9.17, 15) is 0 Å². The Bertz CT molecular complexity index is 2960. The first kappa shape index (κ1) is 48.4. The summed E-state index contributed by atoms with van der Waals surface area (Å²) >= 11 is 0. The third kappa shape index (κ3) is 6.43. The summed E-state index contributed by atoms with van der Waals surface area (Å²) in [4.78, 5) is 7.85. The smallest absolute Gasteiger partial charge is 0.257 e. The molecule has 0 spiro atoms. The quantitative estimate of drug-likeness (QED) is 0.142. The van der Waals surface area contributed by atoms with Crippen molar-refractivity contribution in [3.05, 3.63) is 143 Å². The number of nitrogens with zero attached hydrogens (tertiary/aromatic N) is 6. The Morgan fingerprint density at radius 3 is 1.35 bits per heavy atom. The zero-order valence-electron chi connectivity index (χ0n) is 40.5. The second-order valence-corrected chi connectivity index (χ2v) is 21.2. The Morgan fingerprint density at radius 2 is 0.788 bits per heavy atom. The monoisotopic (exact) mass is 886 g/mol. The third-order valence-corrected chi connectivity index (χ3v) is 17.0. The molecule has 6 aromatic rings. The van der Waals surface area contributed by atoms with Crippen LogP contribution < -0.4 is 0 Å². The van der Waals surface area contributed by atoms with Crippen molar-refractivity contribution in [1.82, 2.24) is 14.7 Å². The molecule has 0 amide bonds. The molecule has 0 bridgehead atoms. The molecule has 6 aliphatic heterocycles. The lowest BCUT2D eigenvalue weighted by Gasteiger charge is -2.30. The lowest BCUT2D eigenvalue weighted by Crippen LogP contribution is -2.44. The minimum Gasteiger partial charge on any atom is -0.257 e. The topological polar surface area (TPSA) is 18.8 Å². The van der Waals surface area contributed by atoms with E-state index in [0.717, 1.165) is 0 Å². The molecule has 6 heterocycles. The van der Waals surface area contributed by atoms with E-state index in [1.807, 2.05) is 0 Å². The van der Waals surface area contributed by atoms with Gasteiger partial charge in [-0.15, -0.1) is 0 Å². The molecule has 6 heteroatoms. The maximum Gasteiger partial charge on any atom is 0.281 e. The normalized spacial score (nSPS) is 25.2. The van der Waals surface area contributed by atoms with Gasteiger partial charge < -0.3 is 0 Å². The van der Waals surface area contributed by atoms with Crippen molar-refractivity contribution in [3.8, 4) is 0 Å². The molecule has 0 saturated heterocycles. The van der Waals surface area contributed by atoms with Gasteiger partial charge in [0.2, 0.25) is 0 Å². The Labute approximate surface area is 398 Å². The Balaban J connectivity index is 0.000000144. The van der Waals surface area contributed by atoms with Crippen LogP contribution in [-0.4, -0.2) is 103 Å². The van der Waals surface area contributed by atoms with Crippen molar-refractivity contribution in [2.24, 2.45) is 0 Å². The molecular formula is C60H81N6+3. The fourth-order valence-electron chi connectivity index (χ4n) is 13.0. The van der Waals surface area contributed by atoms with E-state index < -0.39 is 0 Å². The average Bonchev–Trinajstić information content (AvgIpc) is 3.98. The fourth-order valence-corrected chi connectivity index (χ4v) is 13.0. The number of benzene rings is 6. The summed E-state index contributed by atoms with van der Waals surface area (Å²) in [5, 5.41) is 8.14. The largest absolute Gasteiger partial charge is 0.281 e. The van der Waals surface area contributed by atoms with Crippen LogP contribution in [0.4, 0.5) is 0 Å². The van der Waals surface area contributed by atoms with E-state index in [4.69, 9.17) is 0 Å². The van der Waals surface area contributed by atoms with Crippen LogP contribution in [0.5, 0.6) is 0 Å². The minimum absolute atomic E-state index is 0. The van der Waals surface area contributed by atoms with Gasteiger partial charge in [0.05, 0.1) is 37.8 Å². The molecule has 348 valence electrons. The summed E-state index contributed by atoms with van der Waals surface area (Å²) in [7, 11) is 6.71. The van der Waals surface area contributed by atoms with Crippen molar-refractivity contribution in [1.29, 1.82) is 0 Å². The number of likely N-dealkylation sites (N-methyl/N-ethyl adjacent to an activating group) is 3. The van der Waals surface area contributed by atoms with Gasteiger partial charge in [-0.3, -0.25) is 13.7 Å². The highest BCUT2D eigenvalue weighted by Crippen LogP contribution is 2.49. The van der Waals surface area contributed by atoms with Crippen LogP contribution in [0.25, 0.3) is 32.3 Å². The second-order valence-electron chi connectivity index (χ2n) is 21.2. The molecule has 0 saturated carbocycles. The molecule has 66 heavy (non-hydrogen) atoms. The van der Waals surface area contributed by atoms with E-state index in [2.05, 4.69) is 242 Å². The standard InChI is InChI=1S/3C19H23N2.3CH4/c1-12-13(2)21-18(20(12)5)16-10-14-8-6-7-9-15(14)11-17(16)19(21,3)4;1-12-13(2)21-18(20(12)5)17-15-9-7-6-8-14(15)10-11-16(17)19(21,3)4;1-12-13(2)21-18(20(12)5)16-11-10-14-8-6-7-9-15(14)17(16)19(21,3)4;;;/h3*6-13H,1-5H3;3*1H4/q3*+1;;;. The number of fused-ring (bicyclic) bond motifs is 14. The van der Waals surface area contributed by atoms with E-state index >= 15 is 0 Å². The average molecular weight is 886 g/mol. The van der Waals surface area contributed by atoms with Crippen LogP contribution in [0, 0.1) is 0 Å². The first-order valence-corrected chi connectivity index (χ1v) is 23.6. The van der Waals surface area contributed by atoms with Crippen molar-refractivity contribution in [3.63, 3.8) is 0 Å². The molecule has 6 atom stereocenters. The fraction of sp³-hybridized carbons (Fsp3) is 0.450. The van der Waals surface area contributed by atoms with Crippen LogP contribution in [0.2, 0.25) is 0 Å². The van der Waals surface area contributed by atoms with Crippen molar-refractivity contribution in [2.45, 2.75) is 158 Å². The van der Waals surface area contributed by atoms with Gasteiger partial charge >= 0.3 is 0 Å². The van der Waals surface area contributed by atoms with Gasteiger partial charge in [0.25, 0.3) is 17.5 Å². The first-order chi connectivity index (χ1) is 29.8.